The van der Waals surface area contributed by atoms with Crippen LogP contribution in [0.3, 0.4) is 0 Å². The molecular formula is C45H56IrNO2S3-. The predicted octanol–water partition coefficient (Wildman–Crippen LogP) is 14.8. The normalized spacial score (nSPS) is 12.9. The van der Waals surface area contributed by atoms with Crippen LogP contribution in [0.2, 0.25) is 0 Å². The summed E-state index contributed by atoms with van der Waals surface area (Å²) in [6, 6.07) is 15.1. The van der Waals surface area contributed by atoms with Gasteiger partial charge in [0.25, 0.3) is 0 Å². The number of rotatable bonds is 10. The van der Waals surface area contributed by atoms with E-state index in [1.54, 1.807) is 0 Å². The molecule has 6 rings (SSSR count). The van der Waals surface area contributed by atoms with Crippen molar-refractivity contribution < 1.29 is 30.0 Å². The van der Waals surface area contributed by atoms with Crippen molar-refractivity contribution in [2.45, 2.75) is 121 Å². The van der Waals surface area contributed by atoms with Gasteiger partial charge in [0.15, 0.2) is 5.78 Å². The minimum absolute atomic E-state index is 0. The molecule has 3 nitrogen and oxygen atoms in total. The molecule has 52 heavy (non-hydrogen) atoms. The zero-order valence-electron chi connectivity index (χ0n) is 33.1. The number of thiophene rings is 3. The second-order valence-electron chi connectivity index (χ2n) is 16.1. The number of aryl methyl sites for hydroxylation is 1. The third-order valence-electron chi connectivity index (χ3n) is 11.2. The van der Waals surface area contributed by atoms with Gasteiger partial charge in [0.05, 0.1) is 0 Å². The van der Waals surface area contributed by atoms with Gasteiger partial charge in [-0.05, 0) is 88.9 Å². The maximum Gasteiger partial charge on any atom is 0.164 e. The van der Waals surface area contributed by atoms with Gasteiger partial charge in [0.1, 0.15) is 5.76 Å². The van der Waals surface area contributed by atoms with Crippen LogP contribution >= 0.6 is 34.0 Å². The molecule has 281 valence electrons. The van der Waals surface area contributed by atoms with Gasteiger partial charge in [-0.1, -0.05) is 93.4 Å². The molecule has 0 amide bonds. The van der Waals surface area contributed by atoms with Gasteiger partial charge in [-0.3, -0.25) is 9.78 Å². The number of fused-ring (bicyclic) bond motifs is 6. The monoisotopic (exact) mass is 931 g/mol. The van der Waals surface area contributed by atoms with Crippen LogP contribution < -0.4 is 0 Å². The van der Waals surface area contributed by atoms with E-state index in [2.05, 4.69) is 83.3 Å². The van der Waals surface area contributed by atoms with Gasteiger partial charge in [0, 0.05) is 73.3 Å². The van der Waals surface area contributed by atoms with E-state index in [1.165, 1.54) is 62.4 Å². The molecule has 0 unspecified atom stereocenters. The van der Waals surface area contributed by atoms with E-state index in [0.717, 1.165) is 43.4 Å². The third kappa shape index (κ3) is 8.15. The number of benzene rings is 2. The fourth-order valence-corrected chi connectivity index (χ4v) is 10.3. The molecule has 0 bridgehead atoms. The van der Waals surface area contributed by atoms with Crippen LogP contribution in [0, 0.1) is 29.7 Å². The van der Waals surface area contributed by atoms with Crippen LogP contribution in [-0.2, 0) is 36.7 Å². The number of aliphatic hydroxyl groups is 1. The summed E-state index contributed by atoms with van der Waals surface area (Å²) in [5, 5.41) is 17.6. The summed E-state index contributed by atoms with van der Waals surface area (Å²) < 4.78 is 5.47. The fraction of sp³-hybridized carbons (Fsp3) is 0.467. The fourth-order valence-electron chi connectivity index (χ4n) is 6.77. The summed E-state index contributed by atoms with van der Waals surface area (Å²) in [5.41, 5.74) is 4.52. The molecule has 4 heterocycles. The quantitative estimate of drug-likeness (QED) is 0.0846. The van der Waals surface area contributed by atoms with Crippen molar-refractivity contribution in [2.24, 2.45) is 16.7 Å². The zero-order chi connectivity index (χ0) is 37.5. The molecular weight excluding hydrogens is 875 g/mol. The number of hydrogen-bond donors (Lipinski definition) is 1. The Labute approximate surface area is 337 Å². The first kappa shape index (κ1) is 42.3. The number of pyridine rings is 1. The van der Waals surface area contributed by atoms with E-state index in [4.69, 9.17) is 4.98 Å². The Kier molecular flexibility index (Phi) is 13.5. The maximum atomic E-state index is 12.2. The Balaban J connectivity index is 0.000000289. The van der Waals surface area contributed by atoms with Crippen molar-refractivity contribution in [3.8, 4) is 11.3 Å². The van der Waals surface area contributed by atoms with Crippen LogP contribution in [0.5, 0.6) is 0 Å². The number of allylic oxidation sites excluding steroid dienone is 2. The molecule has 0 saturated heterocycles. The number of aliphatic hydroxyl groups excluding tert-OH is 1. The molecule has 6 aromatic rings. The maximum absolute atomic E-state index is 12.2. The van der Waals surface area contributed by atoms with Gasteiger partial charge < -0.3 is 5.11 Å². The smallest absolute Gasteiger partial charge is 0.164 e. The van der Waals surface area contributed by atoms with E-state index < -0.39 is 0 Å². The van der Waals surface area contributed by atoms with Crippen LogP contribution in [0.1, 0.15) is 118 Å². The molecule has 0 aliphatic carbocycles. The summed E-state index contributed by atoms with van der Waals surface area (Å²) in [6.45, 7) is 25.9. The summed E-state index contributed by atoms with van der Waals surface area (Å²) >= 11 is 5.68. The Morgan fingerprint density at radius 2 is 1.52 bits per heavy atom. The van der Waals surface area contributed by atoms with E-state index in [0.29, 0.717) is 5.92 Å². The predicted molar refractivity (Wildman–Crippen MR) is 227 cm³/mol. The topological polar surface area (TPSA) is 50.2 Å². The second kappa shape index (κ2) is 16.5. The summed E-state index contributed by atoms with van der Waals surface area (Å²) in [7, 11) is 0. The number of nitrogens with zero attached hydrogens (tertiary/aromatic N) is 1. The Morgan fingerprint density at radius 1 is 0.885 bits per heavy atom. The largest absolute Gasteiger partial charge is 0.512 e. The van der Waals surface area contributed by atoms with Crippen molar-refractivity contribution in [3.63, 3.8) is 0 Å². The molecule has 0 atom stereocenters. The van der Waals surface area contributed by atoms with Gasteiger partial charge >= 0.3 is 0 Å². The van der Waals surface area contributed by atoms with Crippen molar-refractivity contribution in [1.29, 1.82) is 0 Å². The van der Waals surface area contributed by atoms with Crippen LogP contribution in [0.25, 0.3) is 51.6 Å². The summed E-state index contributed by atoms with van der Waals surface area (Å²) in [4.78, 5) is 18.6. The Hall–Kier alpha value is -2.41. The van der Waals surface area contributed by atoms with Gasteiger partial charge in [-0.2, -0.15) is 11.3 Å². The Morgan fingerprint density at radius 3 is 2.12 bits per heavy atom. The molecule has 7 heteroatoms. The van der Waals surface area contributed by atoms with E-state index in [9.17, 15) is 9.90 Å². The first-order chi connectivity index (χ1) is 24.0. The number of carbonyl (C=O) groups excluding carboxylic acids is 1. The molecule has 0 aliphatic rings. The van der Waals surface area contributed by atoms with Crippen molar-refractivity contribution >= 4 is 80.1 Å². The van der Waals surface area contributed by atoms with Crippen molar-refractivity contribution in [3.05, 3.63) is 75.8 Å². The number of hydrogen-bond acceptors (Lipinski definition) is 6. The first-order valence-corrected chi connectivity index (χ1v) is 21.1. The van der Waals surface area contributed by atoms with E-state index in [-0.39, 0.29) is 47.9 Å². The number of carbonyl (C=O) groups is 1. The summed E-state index contributed by atoms with van der Waals surface area (Å²) in [6.07, 6.45) is 7.85. The van der Waals surface area contributed by atoms with Crippen LogP contribution in [0.4, 0.5) is 0 Å². The first-order valence-electron chi connectivity index (χ1n) is 18.6. The summed E-state index contributed by atoms with van der Waals surface area (Å²) in [5.74, 6) is 0.926. The van der Waals surface area contributed by atoms with Gasteiger partial charge in [-0.15, -0.1) is 46.3 Å². The standard InChI is InChI=1S/C30H28NS3.C15H28O2.Ir/c1-16(2)13-21-17(3)33-23-8-7-20-25-24(34-29(20)26(21)23)9-11-31-27(25)19-14-18-10-12-32-28(18)22(15-19)30(4,5)6;1-7-14(5,8-2)12(16)11-13(17)15(6,9-3)10-4;/h7-12,15-16H,13H2,1-6H3;11,16H,7-10H2,1-6H3;/q-1;;/b;12-11-;. The molecule has 0 spiro atoms. The van der Waals surface area contributed by atoms with Gasteiger partial charge in [-0.25, -0.2) is 0 Å². The van der Waals surface area contributed by atoms with Crippen molar-refractivity contribution in [2.75, 3.05) is 0 Å². The third-order valence-corrected chi connectivity index (χ3v) is 14.5. The molecule has 1 N–H and O–H groups in total. The minimum atomic E-state index is -0.337. The molecule has 2 aromatic carbocycles. The second-order valence-corrected chi connectivity index (χ2v) is 19.3. The van der Waals surface area contributed by atoms with Crippen molar-refractivity contribution in [1.82, 2.24) is 4.98 Å². The molecule has 4 aromatic heterocycles. The molecule has 0 fully saturated rings. The van der Waals surface area contributed by atoms with E-state index >= 15 is 0 Å². The zero-order valence-corrected chi connectivity index (χ0v) is 37.9. The van der Waals surface area contributed by atoms with Crippen LogP contribution in [-0.4, -0.2) is 15.9 Å². The molecule has 1 radical (unpaired) electrons. The Bertz CT molecular complexity index is 2220. The van der Waals surface area contributed by atoms with Gasteiger partial charge in [0.2, 0.25) is 0 Å². The average molecular weight is 931 g/mol. The number of aromatic nitrogens is 1. The molecule has 0 aliphatic heterocycles. The molecule has 0 saturated carbocycles. The number of ketones is 1. The van der Waals surface area contributed by atoms with E-state index in [1.807, 2.05) is 81.7 Å². The van der Waals surface area contributed by atoms with Crippen LogP contribution in [0.15, 0.2) is 53.7 Å². The average Bonchev–Trinajstić information content (AvgIpc) is 3.81. The SMILES string of the molecule is CCC(C)(CC)C(=O)/C=C(\O)C(C)(CC)CC.Cc1sc2ccc3c(sc4ccnc(-c5[c-]c6ccsc6c(C(C)(C)C)c5)c43)c2c1CC(C)C.[Ir]. The minimum Gasteiger partial charge on any atom is -0.512 e.